The second-order valence-corrected chi connectivity index (χ2v) is 3.06. The zero-order valence-electron chi connectivity index (χ0n) is 7.73. The molecule has 0 saturated carbocycles. The van der Waals surface area contributed by atoms with Gasteiger partial charge in [0.05, 0.1) is 6.61 Å². The van der Waals surface area contributed by atoms with Crippen LogP contribution in [0.1, 0.15) is 20.3 Å². The van der Waals surface area contributed by atoms with E-state index in [0.717, 1.165) is 0 Å². The minimum Gasteiger partial charge on any atom is -0.495 e. The topological polar surface area (TPSA) is 9.23 Å². The average Bonchev–Trinajstić information content (AvgIpc) is 2.09. The Bertz CT molecular complexity index is 271. The number of hydrogen-bond donors (Lipinski definition) is 0. The van der Waals surface area contributed by atoms with Crippen molar-refractivity contribution in [3.05, 3.63) is 22.9 Å². The van der Waals surface area contributed by atoms with Crippen molar-refractivity contribution in [2.24, 2.45) is 5.92 Å². The zero-order chi connectivity index (χ0) is 10.0. The minimum atomic E-state index is -0.971. The molecule has 1 atom stereocenters. The molecule has 0 aromatic heterocycles. The largest absolute Gasteiger partial charge is 0.495 e. The fraction of sp³-hybridized carbons (Fsp3) is 0.556. The van der Waals surface area contributed by atoms with Crippen LogP contribution in [0.4, 0.5) is 8.78 Å². The van der Waals surface area contributed by atoms with Crippen LogP contribution in [0.25, 0.3) is 0 Å². The Morgan fingerprint density at radius 3 is 2.62 bits per heavy atom. The number of hydrogen-bond acceptors (Lipinski definition) is 1. The van der Waals surface area contributed by atoms with Crippen LogP contribution in [0.2, 0.25) is 0 Å². The van der Waals surface area contributed by atoms with Gasteiger partial charge in [-0.05, 0) is 13.3 Å². The van der Waals surface area contributed by atoms with Gasteiger partial charge in [0, 0.05) is 5.92 Å². The third-order valence-corrected chi connectivity index (χ3v) is 1.96. The first-order valence-electron chi connectivity index (χ1n) is 4.24. The smallest absolute Gasteiger partial charge is 0.195 e. The third kappa shape index (κ3) is 1.93. The van der Waals surface area contributed by atoms with Crippen LogP contribution < -0.4 is 0 Å². The number of rotatable bonds is 2. The Kier molecular flexibility index (Phi) is 3.12. The molecule has 1 aliphatic rings. The Balaban J connectivity index is 2.99. The Morgan fingerprint density at radius 2 is 2.08 bits per heavy atom. The first-order valence-corrected chi connectivity index (χ1v) is 4.24. The van der Waals surface area contributed by atoms with Crippen LogP contribution in [0, 0.1) is 5.92 Å². The first-order chi connectivity index (χ1) is 6.07. The summed E-state index contributed by atoms with van der Waals surface area (Å²) in [7, 11) is 5.29. The van der Waals surface area contributed by atoms with Gasteiger partial charge in [-0.3, -0.25) is 0 Å². The maximum Gasteiger partial charge on any atom is 0.195 e. The second-order valence-electron chi connectivity index (χ2n) is 3.06. The second kappa shape index (κ2) is 3.94. The monoisotopic (exact) mass is 184 g/mol. The van der Waals surface area contributed by atoms with Crippen molar-refractivity contribution in [2.75, 3.05) is 6.61 Å². The van der Waals surface area contributed by atoms with Crippen molar-refractivity contribution in [2.45, 2.75) is 20.3 Å². The molecular weight excluding hydrogens is 173 g/mol. The molecule has 0 spiro atoms. The Hall–Kier alpha value is -0.795. The fourth-order valence-corrected chi connectivity index (χ4v) is 1.34. The molecule has 0 fully saturated rings. The van der Waals surface area contributed by atoms with Gasteiger partial charge in [-0.15, -0.1) is 0 Å². The lowest BCUT2D eigenvalue weighted by molar-refractivity contribution is 0.178. The van der Waals surface area contributed by atoms with Crippen LogP contribution in [0.15, 0.2) is 22.9 Å². The third-order valence-electron chi connectivity index (χ3n) is 1.96. The van der Waals surface area contributed by atoms with Crippen molar-refractivity contribution in [3.63, 3.8) is 0 Å². The quantitative estimate of drug-likeness (QED) is 0.599. The molecule has 0 bridgehead atoms. The van der Waals surface area contributed by atoms with Crippen molar-refractivity contribution in [1.82, 2.24) is 0 Å². The maximum absolute atomic E-state index is 13.2. The van der Waals surface area contributed by atoms with E-state index in [0.29, 0.717) is 13.0 Å². The molecular formula is C9H11BF2O. The summed E-state index contributed by atoms with van der Waals surface area (Å²) in [6.45, 7) is 3.82. The summed E-state index contributed by atoms with van der Waals surface area (Å²) in [5, 5.41) is 0. The summed E-state index contributed by atoms with van der Waals surface area (Å²) in [4.78, 5) is 0. The van der Waals surface area contributed by atoms with Gasteiger partial charge in [0.15, 0.2) is 11.7 Å². The van der Waals surface area contributed by atoms with Crippen molar-refractivity contribution < 1.29 is 13.5 Å². The molecule has 1 aliphatic carbocycles. The van der Waals surface area contributed by atoms with E-state index in [4.69, 9.17) is 12.6 Å². The number of ether oxygens (including phenoxy) is 1. The molecule has 0 amide bonds. The standard InChI is InChI=1S/C9H11BF2O/c1-3-13-9-5(2)4-6(10)7(11)8(9)12/h5H,3-4H2,1-2H3. The van der Waals surface area contributed by atoms with Gasteiger partial charge in [0.2, 0.25) is 0 Å². The van der Waals surface area contributed by atoms with Gasteiger partial charge in [-0.25, -0.2) is 8.78 Å². The molecule has 0 aliphatic heterocycles. The zero-order valence-corrected chi connectivity index (χ0v) is 7.73. The van der Waals surface area contributed by atoms with Crippen molar-refractivity contribution >= 4 is 7.85 Å². The highest BCUT2D eigenvalue weighted by molar-refractivity contribution is 6.22. The molecule has 0 saturated heterocycles. The highest BCUT2D eigenvalue weighted by atomic mass is 19.2. The van der Waals surface area contributed by atoms with Crippen LogP contribution in [-0.2, 0) is 4.74 Å². The van der Waals surface area contributed by atoms with E-state index in [-0.39, 0.29) is 17.1 Å². The number of halogens is 2. The predicted molar refractivity (Wildman–Crippen MR) is 47.4 cm³/mol. The molecule has 13 heavy (non-hydrogen) atoms. The summed E-state index contributed by atoms with van der Waals surface area (Å²) in [5.41, 5.74) is -0.0338. The average molecular weight is 184 g/mol. The van der Waals surface area contributed by atoms with Crippen LogP contribution in [0.5, 0.6) is 0 Å². The van der Waals surface area contributed by atoms with E-state index in [1.807, 2.05) is 0 Å². The SMILES string of the molecule is [B]C1=C(F)C(F)=C(OCC)C(C)C1. The lowest BCUT2D eigenvalue weighted by Gasteiger charge is -2.22. The molecule has 1 unspecified atom stereocenters. The van der Waals surface area contributed by atoms with E-state index in [1.54, 1.807) is 13.8 Å². The van der Waals surface area contributed by atoms with Gasteiger partial charge >= 0.3 is 0 Å². The molecule has 0 aromatic rings. The summed E-state index contributed by atoms with van der Waals surface area (Å²) in [6.07, 6.45) is 0.314. The molecule has 0 heterocycles. The molecule has 1 nitrogen and oxygen atoms in total. The first kappa shape index (κ1) is 10.3. The van der Waals surface area contributed by atoms with E-state index in [2.05, 4.69) is 0 Å². The normalized spacial score (nSPS) is 23.8. The summed E-state index contributed by atoms with van der Waals surface area (Å²) in [6, 6.07) is 0. The van der Waals surface area contributed by atoms with E-state index >= 15 is 0 Å². The lowest BCUT2D eigenvalue weighted by Crippen LogP contribution is -2.13. The Morgan fingerprint density at radius 1 is 1.46 bits per heavy atom. The van der Waals surface area contributed by atoms with Crippen LogP contribution >= 0.6 is 0 Å². The van der Waals surface area contributed by atoms with E-state index < -0.39 is 11.7 Å². The van der Waals surface area contributed by atoms with Gasteiger partial charge in [0.1, 0.15) is 13.6 Å². The number of allylic oxidation sites excluding steroid dienone is 4. The predicted octanol–water partition coefficient (Wildman–Crippen LogP) is 2.59. The maximum atomic E-state index is 13.2. The summed E-state index contributed by atoms with van der Waals surface area (Å²) in [5.74, 6) is -2.02. The Labute approximate surface area is 77.9 Å². The summed E-state index contributed by atoms with van der Waals surface area (Å²) < 4.78 is 31.1. The molecule has 1 rings (SSSR count). The van der Waals surface area contributed by atoms with Crippen molar-refractivity contribution in [1.29, 1.82) is 0 Å². The molecule has 4 heteroatoms. The molecule has 0 N–H and O–H groups in total. The highest BCUT2D eigenvalue weighted by Crippen LogP contribution is 2.35. The van der Waals surface area contributed by atoms with E-state index in [9.17, 15) is 8.78 Å². The van der Waals surface area contributed by atoms with Gasteiger partial charge in [0.25, 0.3) is 0 Å². The highest BCUT2D eigenvalue weighted by Gasteiger charge is 2.26. The van der Waals surface area contributed by atoms with Gasteiger partial charge < -0.3 is 4.74 Å². The molecule has 2 radical (unpaired) electrons. The molecule has 0 aromatic carbocycles. The van der Waals surface area contributed by atoms with E-state index in [1.165, 1.54) is 0 Å². The minimum absolute atomic E-state index is 0.0338. The van der Waals surface area contributed by atoms with Gasteiger partial charge in [-0.2, -0.15) is 0 Å². The lowest BCUT2D eigenvalue weighted by atomic mass is 9.81. The van der Waals surface area contributed by atoms with Crippen molar-refractivity contribution in [3.8, 4) is 0 Å². The van der Waals surface area contributed by atoms with Gasteiger partial charge in [-0.1, -0.05) is 12.4 Å². The van der Waals surface area contributed by atoms with Crippen LogP contribution in [0.3, 0.4) is 0 Å². The van der Waals surface area contributed by atoms with Crippen LogP contribution in [-0.4, -0.2) is 14.5 Å². The summed E-state index contributed by atoms with van der Waals surface area (Å²) >= 11 is 0. The fourth-order valence-electron chi connectivity index (χ4n) is 1.34. The molecule has 70 valence electrons.